The number of hydrogen-bond donors (Lipinski definition) is 4. The zero-order valence-corrected chi connectivity index (χ0v) is 25.7. The summed E-state index contributed by atoms with van der Waals surface area (Å²) in [5, 5.41) is 6.02. The molecule has 0 radical (unpaired) electrons. The number of benzene rings is 4. The van der Waals surface area contributed by atoms with Crippen LogP contribution in [0.15, 0.2) is 108 Å². The molecule has 8 heteroatoms. The number of guanidine groups is 1. The Morgan fingerprint density at radius 3 is 2.16 bits per heavy atom. The first-order valence-electron chi connectivity index (χ1n) is 15.8. The van der Waals surface area contributed by atoms with Gasteiger partial charge in [0.15, 0.2) is 5.96 Å². The Morgan fingerprint density at radius 2 is 1.51 bits per heavy atom. The molecule has 0 bridgehead atoms. The van der Waals surface area contributed by atoms with E-state index < -0.39 is 6.04 Å². The van der Waals surface area contributed by atoms with Gasteiger partial charge in [0.05, 0.1) is 6.04 Å². The zero-order valence-electron chi connectivity index (χ0n) is 25.7. The number of primary amides is 1. The first-order valence-corrected chi connectivity index (χ1v) is 15.8. The van der Waals surface area contributed by atoms with E-state index in [1.54, 1.807) is 0 Å². The van der Waals surface area contributed by atoms with Crippen LogP contribution in [-0.4, -0.2) is 54.4 Å². The Balaban J connectivity index is 1.42. The quantitative estimate of drug-likeness (QED) is 0.102. The van der Waals surface area contributed by atoms with Crippen molar-refractivity contribution in [3.8, 4) is 0 Å². The van der Waals surface area contributed by atoms with Gasteiger partial charge in [-0.25, -0.2) is 0 Å². The zero-order chi connectivity index (χ0) is 31.6. The lowest BCUT2D eigenvalue weighted by molar-refractivity contribution is -0.133. The van der Waals surface area contributed by atoms with Crippen molar-refractivity contribution in [3.05, 3.63) is 120 Å². The molecule has 1 heterocycles. The molecule has 0 saturated carbocycles. The Kier molecular flexibility index (Phi) is 10.8. The summed E-state index contributed by atoms with van der Waals surface area (Å²) in [6, 6.07) is 34.9. The third kappa shape index (κ3) is 8.70. The highest BCUT2D eigenvalue weighted by Crippen LogP contribution is 2.29. The number of nitrogens with zero attached hydrogens (tertiary/aromatic N) is 2. The van der Waals surface area contributed by atoms with E-state index in [0.717, 1.165) is 22.1 Å². The molecule has 5 rings (SSSR count). The van der Waals surface area contributed by atoms with E-state index in [1.165, 1.54) is 5.39 Å². The summed E-state index contributed by atoms with van der Waals surface area (Å²) in [6.45, 7) is 1.57. The standard InChI is InChI=1S/C37H44N6O2/c38-35(44)24-31(23-26-17-18-27-10-7-8-15-30(27)22-26)33-19-21-43(36(45)34(42-33)16-9-20-41-37(39)40)25-32(28-11-3-1-4-12-28)29-13-5-2-6-14-29/h1-8,10-15,17-18,22,31-34,42H,9,16,19-21,23-25H2,(H2,38,44)(H4,39,40,41)/t31-,33+,34-/m0/s1. The number of rotatable bonds is 13. The highest BCUT2D eigenvalue weighted by molar-refractivity contribution is 5.83. The van der Waals surface area contributed by atoms with E-state index in [0.29, 0.717) is 45.3 Å². The molecular weight excluding hydrogens is 560 g/mol. The van der Waals surface area contributed by atoms with Gasteiger partial charge in [-0.15, -0.1) is 0 Å². The van der Waals surface area contributed by atoms with Crippen molar-refractivity contribution in [2.45, 2.75) is 50.1 Å². The maximum absolute atomic E-state index is 14.3. The summed E-state index contributed by atoms with van der Waals surface area (Å²) >= 11 is 0. The predicted octanol–water partition coefficient (Wildman–Crippen LogP) is 4.32. The van der Waals surface area contributed by atoms with Crippen LogP contribution in [0.5, 0.6) is 0 Å². The number of hydrogen-bond acceptors (Lipinski definition) is 4. The van der Waals surface area contributed by atoms with Crippen molar-refractivity contribution in [1.82, 2.24) is 10.2 Å². The molecule has 45 heavy (non-hydrogen) atoms. The van der Waals surface area contributed by atoms with Gasteiger partial charge in [-0.1, -0.05) is 103 Å². The van der Waals surface area contributed by atoms with Crippen molar-refractivity contribution in [2.24, 2.45) is 28.1 Å². The number of fused-ring (bicyclic) bond motifs is 1. The smallest absolute Gasteiger partial charge is 0.239 e. The molecule has 1 saturated heterocycles. The van der Waals surface area contributed by atoms with E-state index in [4.69, 9.17) is 17.2 Å². The number of carbonyl (C=O) groups is 2. The average molecular weight is 605 g/mol. The summed E-state index contributed by atoms with van der Waals surface area (Å²) in [4.78, 5) is 32.8. The van der Waals surface area contributed by atoms with Gasteiger partial charge < -0.3 is 27.4 Å². The second-order valence-electron chi connectivity index (χ2n) is 12.0. The lowest BCUT2D eigenvalue weighted by Gasteiger charge is -2.29. The van der Waals surface area contributed by atoms with Crippen LogP contribution in [0, 0.1) is 5.92 Å². The molecule has 8 nitrogen and oxygen atoms in total. The van der Waals surface area contributed by atoms with E-state index >= 15 is 0 Å². The molecule has 1 fully saturated rings. The fraction of sp³-hybridized carbons (Fsp3) is 0.324. The first kappa shape index (κ1) is 31.7. The molecular formula is C37H44N6O2. The second kappa shape index (κ2) is 15.3. The molecule has 0 aromatic heterocycles. The van der Waals surface area contributed by atoms with E-state index in [-0.39, 0.29) is 42.1 Å². The molecule has 4 aromatic rings. The lowest BCUT2D eigenvalue weighted by atomic mass is 9.86. The minimum absolute atomic E-state index is 0.0224. The second-order valence-corrected chi connectivity index (χ2v) is 12.0. The molecule has 234 valence electrons. The Bertz CT molecular complexity index is 1550. The van der Waals surface area contributed by atoms with Crippen LogP contribution in [0.2, 0.25) is 0 Å². The van der Waals surface area contributed by atoms with Gasteiger partial charge in [-0.2, -0.15) is 0 Å². The molecule has 0 aliphatic carbocycles. The fourth-order valence-electron chi connectivity index (χ4n) is 6.58. The predicted molar refractivity (Wildman–Crippen MR) is 181 cm³/mol. The highest BCUT2D eigenvalue weighted by atomic mass is 16.2. The van der Waals surface area contributed by atoms with Gasteiger partial charge in [0.25, 0.3) is 0 Å². The molecule has 1 aliphatic rings. The molecule has 4 aromatic carbocycles. The summed E-state index contributed by atoms with van der Waals surface area (Å²) in [5.74, 6) is -0.292. The SMILES string of the molecule is NC(=O)C[C@H](Cc1ccc2ccccc2c1)[C@H]1CCN(CC(c2ccccc2)c2ccccc2)C(=O)[C@H](CCCN=C(N)N)N1. The van der Waals surface area contributed by atoms with E-state index in [1.807, 2.05) is 53.4 Å². The minimum atomic E-state index is -0.439. The van der Waals surface area contributed by atoms with E-state index in [9.17, 15) is 9.59 Å². The highest BCUT2D eigenvalue weighted by Gasteiger charge is 2.35. The minimum Gasteiger partial charge on any atom is -0.370 e. The number of carbonyl (C=O) groups excluding carboxylic acids is 2. The molecule has 2 amide bonds. The lowest BCUT2D eigenvalue weighted by Crippen LogP contribution is -2.49. The van der Waals surface area contributed by atoms with Gasteiger partial charge in [0, 0.05) is 38.0 Å². The van der Waals surface area contributed by atoms with Gasteiger partial charge in [-0.3, -0.25) is 14.6 Å². The van der Waals surface area contributed by atoms with Gasteiger partial charge in [0.2, 0.25) is 11.8 Å². The summed E-state index contributed by atoms with van der Waals surface area (Å²) < 4.78 is 0. The third-order valence-corrected chi connectivity index (χ3v) is 8.83. The summed E-state index contributed by atoms with van der Waals surface area (Å²) in [5.41, 5.74) is 20.4. The van der Waals surface area contributed by atoms with Crippen LogP contribution < -0.4 is 22.5 Å². The average Bonchev–Trinajstić information content (AvgIpc) is 3.20. The monoisotopic (exact) mass is 604 g/mol. The van der Waals surface area contributed by atoms with Crippen LogP contribution in [0.1, 0.15) is 48.3 Å². The third-order valence-electron chi connectivity index (χ3n) is 8.83. The van der Waals surface area contributed by atoms with Gasteiger partial charge in [0.1, 0.15) is 0 Å². The van der Waals surface area contributed by atoms with Crippen LogP contribution in [0.4, 0.5) is 0 Å². The molecule has 7 N–H and O–H groups in total. The maximum Gasteiger partial charge on any atom is 0.239 e. The van der Waals surface area contributed by atoms with Gasteiger partial charge >= 0.3 is 0 Å². The maximum atomic E-state index is 14.3. The van der Waals surface area contributed by atoms with Crippen molar-refractivity contribution in [2.75, 3.05) is 19.6 Å². The van der Waals surface area contributed by atoms with Crippen LogP contribution >= 0.6 is 0 Å². The first-order chi connectivity index (χ1) is 21.9. The normalized spacial score (nSPS) is 17.6. The molecule has 3 atom stereocenters. The van der Waals surface area contributed by atoms with Crippen molar-refractivity contribution in [3.63, 3.8) is 0 Å². The van der Waals surface area contributed by atoms with Crippen molar-refractivity contribution in [1.29, 1.82) is 0 Å². The number of amides is 2. The molecule has 0 unspecified atom stereocenters. The Labute approximate surface area is 265 Å². The Hall–Kier alpha value is -4.69. The summed E-state index contributed by atoms with van der Waals surface area (Å²) in [7, 11) is 0. The Morgan fingerprint density at radius 1 is 0.867 bits per heavy atom. The topological polar surface area (TPSA) is 140 Å². The van der Waals surface area contributed by atoms with Gasteiger partial charge in [-0.05, 0) is 59.1 Å². The van der Waals surface area contributed by atoms with Crippen molar-refractivity contribution >= 4 is 28.5 Å². The molecule has 0 spiro atoms. The largest absolute Gasteiger partial charge is 0.370 e. The summed E-state index contributed by atoms with van der Waals surface area (Å²) in [6.07, 6.45) is 2.84. The number of aliphatic imine (C=N–C) groups is 1. The van der Waals surface area contributed by atoms with Crippen LogP contribution in [0.3, 0.4) is 0 Å². The van der Waals surface area contributed by atoms with Crippen LogP contribution in [-0.2, 0) is 16.0 Å². The van der Waals surface area contributed by atoms with Crippen LogP contribution in [0.25, 0.3) is 10.8 Å². The van der Waals surface area contributed by atoms with E-state index in [2.05, 4.69) is 64.9 Å². The van der Waals surface area contributed by atoms with Crippen molar-refractivity contribution < 1.29 is 9.59 Å². The molecule has 1 aliphatic heterocycles. The number of nitrogens with one attached hydrogen (secondary N) is 1. The fourth-order valence-corrected chi connectivity index (χ4v) is 6.58. The number of nitrogens with two attached hydrogens (primary N) is 3.